The molecule has 0 aromatic heterocycles. The zero-order valence-electron chi connectivity index (χ0n) is 29.5. The third-order valence-electron chi connectivity index (χ3n) is 14.7. The standard InChI is InChI=1S/C37H60N2O7/c1-21(2)22(3)33(5)15-16-35(7)24-11-12-28-34(6)19-44-20-37(28,25(24)13-14-36(35,8)29(33)31(41)42)18-27(45-23(4)40)30(34)46-32(43)26(39)10-9-17-38/h13,21-22,24,26-30H,9-12,14-20,38-39H2,1-8H3,(H,41,42)/t22?,24-,26?,27+,28-,29+,30-,33+,34-,35+,36-,37-/m0/s1. The molecule has 260 valence electrons. The zero-order valence-corrected chi connectivity index (χ0v) is 29.5. The van der Waals surface area contributed by atoms with Gasteiger partial charge in [-0.15, -0.1) is 0 Å². The number of aliphatic carboxylic acids is 1. The van der Waals surface area contributed by atoms with E-state index in [1.165, 1.54) is 12.5 Å². The van der Waals surface area contributed by atoms with Crippen molar-refractivity contribution in [3.8, 4) is 0 Å². The van der Waals surface area contributed by atoms with Crippen molar-refractivity contribution in [1.82, 2.24) is 0 Å². The summed E-state index contributed by atoms with van der Waals surface area (Å²) in [6.07, 6.45) is 6.98. The molecular weight excluding hydrogens is 584 g/mol. The summed E-state index contributed by atoms with van der Waals surface area (Å²) < 4.78 is 18.7. The van der Waals surface area contributed by atoms with Gasteiger partial charge in [0, 0.05) is 17.8 Å². The van der Waals surface area contributed by atoms with Gasteiger partial charge in [0.1, 0.15) is 18.2 Å². The Bertz CT molecular complexity index is 1250. The maximum atomic E-state index is 13.3. The van der Waals surface area contributed by atoms with E-state index in [2.05, 4.69) is 54.5 Å². The molecule has 2 bridgehead atoms. The zero-order chi connectivity index (χ0) is 34.0. The number of carboxylic acid groups (broad SMARTS) is 1. The third kappa shape index (κ3) is 5.08. The van der Waals surface area contributed by atoms with Gasteiger partial charge >= 0.3 is 17.9 Å². The number of carboxylic acids is 1. The van der Waals surface area contributed by atoms with Gasteiger partial charge in [0.05, 0.1) is 19.1 Å². The first-order chi connectivity index (χ1) is 21.4. The van der Waals surface area contributed by atoms with Crippen LogP contribution in [-0.4, -0.2) is 61.0 Å². The molecule has 1 aliphatic heterocycles. The minimum absolute atomic E-state index is 0.152. The predicted octanol–water partition coefficient (Wildman–Crippen LogP) is 5.48. The topological polar surface area (TPSA) is 151 Å². The fraction of sp³-hybridized carbons (Fsp3) is 0.865. The van der Waals surface area contributed by atoms with E-state index in [-0.39, 0.29) is 28.6 Å². The molecule has 0 spiro atoms. The van der Waals surface area contributed by atoms with Gasteiger partial charge in [-0.3, -0.25) is 14.4 Å². The lowest BCUT2D eigenvalue weighted by atomic mass is 9.34. The molecule has 0 radical (unpaired) electrons. The summed E-state index contributed by atoms with van der Waals surface area (Å²) >= 11 is 0. The second-order valence-corrected chi connectivity index (χ2v) is 17.1. The van der Waals surface area contributed by atoms with E-state index in [4.69, 9.17) is 25.7 Å². The quantitative estimate of drug-likeness (QED) is 0.219. The highest BCUT2D eigenvalue weighted by Gasteiger charge is 2.72. The summed E-state index contributed by atoms with van der Waals surface area (Å²) in [7, 11) is 0. The minimum atomic E-state index is -0.798. The van der Waals surface area contributed by atoms with Crippen LogP contribution in [0.1, 0.15) is 107 Å². The third-order valence-corrected chi connectivity index (χ3v) is 14.7. The lowest BCUT2D eigenvalue weighted by Gasteiger charge is -2.71. The predicted molar refractivity (Wildman–Crippen MR) is 175 cm³/mol. The first-order valence-electron chi connectivity index (χ1n) is 17.8. The van der Waals surface area contributed by atoms with Gasteiger partial charge in [0.15, 0.2) is 0 Å². The van der Waals surface area contributed by atoms with Crippen LogP contribution in [0.2, 0.25) is 0 Å². The van der Waals surface area contributed by atoms with Crippen molar-refractivity contribution in [2.75, 3.05) is 19.8 Å². The number of nitrogens with two attached hydrogens (primary N) is 2. The summed E-state index contributed by atoms with van der Waals surface area (Å²) in [5, 5.41) is 10.9. The number of fused-ring (bicyclic) bond motifs is 3. The largest absolute Gasteiger partial charge is 0.481 e. The fourth-order valence-corrected chi connectivity index (χ4v) is 11.8. The molecule has 5 rings (SSSR count). The number of allylic oxidation sites excluding steroid dienone is 1. The van der Waals surface area contributed by atoms with Crippen LogP contribution < -0.4 is 11.5 Å². The van der Waals surface area contributed by atoms with Crippen molar-refractivity contribution < 1.29 is 33.7 Å². The van der Waals surface area contributed by atoms with Crippen molar-refractivity contribution in [1.29, 1.82) is 0 Å². The monoisotopic (exact) mass is 644 g/mol. The molecule has 9 nitrogen and oxygen atoms in total. The summed E-state index contributed by atoms with van der Waals surface area (Å²) in [5.41, 5.74) is 11.3. The van der Waals surface area contributed by atoms with E-state index in [1.54, 1.807) is 0 Å². The van der Waals surface area contributed by atoms with Crippen LogP contribution in [0.25, 0.3) is 0 Å². The molecule has 0 aromatic carbocycles. The van der Waals surface area contributed by atoms with E-state index in [9.17, 15) is 19.5 Å². The second-order valence-electron chi connectivity index (χ2n) is 17.1. The molecule has 9 heteroatoms. The van der Waals surface area contributed by atoms with Crippen LogP contribution in [0.5, 0.6) is 0 Å². The van der Waals surface area contributed by atoms with Crippen molar-refractivity contribution in [2.45, 2.75) is 125 Å². The van der Waals surface area contributed by atoms with E-state index in [0.29, 0.717) is 51.4 Å². The lowest BCUT2D eigenvalue weighted by Crippen LogP contribution is -2.70. The van der Waals surface area contributed by atoms with Gasteiger partial charge in [-0.2, -0.15) is 0 Å². The Morgan fingerprint density at radius 2 is 1.74 bits per heavy atom. The van der Waals surface area contributed by atoms with E-state index in [0.717, 1.165) is 25.7 Å². The molecular formula is C37H60N2O7. The van der Waals surface area contributed by atoms with Crippen molar-refractivity contribution in [3.63, 3.8) is 0 Å². The normalized spacial score (nSPS) is 44.5. The number of rotatable bonds is 9. The van der Waals surface area contributed by atoms with Crippen LogP contribution in [0.4, 0.5) is 0 Å². The van der Waals surface area contributed by atoms with Crippen LogP contribution in [0, 0.1) is 56.7 Å². The summed E-state index contributed by atoms with van der Waals surface area (Å²) in [5.74, 6) is -1.05. The highest BCUT2D eigenvalue weighted by molar-refractivity contribution is 5.76. The Hall–Kier alpha value is -1.97. The number of hydrogen-bond acceptors (Lipinski definition) is 8. The van der Waals surface area contributed by atoms with Gasteiger partial charge in [-0.25, -0.2) is 0 Å². The molecule has 5 aliphatic rings. The molecule has 1 saturated heterocycles. The Labute approximate surface area is 275 Å². The van der Waals surface area contributed by atoms with Crippen LogP contribution in [0.15, 0.2) is 11.6 Å². The Morgan fingerprint density at radius 3 is 2.35 bits per heavy atom. The van der Waals surface area contributed by atoms with Crippen molar-refractivity contribution in [3.05, 3.63) is 11.6 Å². The average molecular weight is 645 g/mol. The SMILES string of the molecule is CC(=O)O[C@@H]1C[C@@]23COC[C@@](C)([C@@H]2CC[C@H]2C3=CC[C@@]3(C)[C@H](C(=O)O)[C@@](C)(C(C)C(C)C)CC[C@]23C)[C@H]1OC(=O)C(N)CCCN. The Balaban J connectivity index is 1.56. The minimum Gasteiger partial charge on any atom is -0.481 e. The van der Waals surface area contributed by atoms with Gasteiger partial charge in [-0.1, -0.05) is 60.1 Å². The average Bonchev–Trinajstić information content (AvgIpc) is 2.97. The first kappa shape index (κ1) is 35.3. The molecule has 4 fully saturated rings. The smallest absolute Gasteiger partial charge is 0.323 e. The number of esters is 2. The van der Waals surface area contributed by atoms with Crippen LogP contribution in [0.3, 0.4) is 0 Å². The molecule has 46 heavy (non-hydrogen) atoms. The summed E-state index contributed by atoms with van der Waals surface area (Å²) in [6, 6.07) is -0.798. The molecule has 5 N–H and O–H groups in total. The second kappa shape index (κ2) is 12.2. The van der Waals surface area contributed by atoms with Crippen LogP contribution >= 0.6 is 0 Å². The molecule has 2 unspecified atom stereocenters. The number of carbonyl (C=O) groups excluding carboxylic acids is 2. The lowest BCUT2D eigenvalue weighted by molar-refractivity contribution is -0.263. The maximum Gasteiger partial charge on any atom is 0.323 e. The van der Waals surface area contributed by atoms with Crippen molar-refractivity contribution in [2.24, 2.45) is 68.1 Å². The van der Waals surface area contributed by atoms with Gasteiger partial charge in [0.25, 0.3) is 0 Å². The molecule has 0 amide bonds. The Kier molecular flexibility index (Phi) is 9.35. The molecule has 4 aliphatic carbocycles. The number of hydrogen-bond donors (Lipinski definition) is 3. The highest BCUT2D eigenvalue weighted by atomic mass is 16.6. The molecule has 0 aromatic rings. The van der Waals surface area contributed by atoms with Gasteiger partial charge in [-0.05, 0) is 97.8 Å². The molecule has 12 atom stereocenters. The molecule has 3 saturated carbocycles. The van der Waals surface area contributed by atoms with Crippen molar-refractivity contribution >= 4 is 17.9 Å². The first-order valence-corrected chi connectivity index (χ1v) is 17.8. The van der Waals surface area contributed by atoms with Crippen LogP contribution in [-0.2, 0) is 28.6 Å². The Morgan fingerprint density at radius 1 is 1.04 bits per heavy atom. The van der Waals surface area contributed by atoms with E-state index in [1.807, 2.05) is 0 Å². The highest BCUT2D eigenvalue weighted by Crippen LogP contribution is 2.75. The summed E-state index contributed by atoms with van der Waals surface area (Å²) in [4.78, 5) is 39.1. The fourth-order valence-electron chi connectivity index (χ4n) is 11.8. The van der Waals surface area contributed by atoms with E-state index >= 15 is 0 Å². The van der Waals surface area contributed by atoms with Gasteiger partial charge in [0.2, 0.25) is 0 Å². The van der Waals surface area contributed by atoms with E-state index < -0.39 is 58.3 Å². The number of carbonyl (C=O) groups is 3. The number of ether oxygens (including phenoxy) is 3. The molecule has 1 heterocycles. The summed E-state index contributed by atoms with van der Waals surface area (Å²) in [6.45, 7) is 18.4. The van der Waals surface area contributed by atoms with Gasteiger partial charge < -0.3 is 30.8 Å². The maximum absolute atomic E-state index is 13.3.